The Labute approximate surface area is 109 Å². The number of likely N-dealkylation sites (N-methyl/N-ethyl adjacent to an activating group) is 1. The number of rotatable bonds is 7. The fourth-order valence-electron chi connectivity index (χ4n) is 1.63. The van der Waals surface area contributed by atoms with Crippen molar-refractivity contribution >= 4 is 0 Å². The van der Waals surface area contributed by atoms with Gasteiger partial charge in [0.15, 0.2) is 12.3 Å². The minimum absolute atomic E-state index is 0.157. The summed E-state index contributed by atoms with van der Waals surface area (Å²) < 4.78 is 10.5. The minimum Gasteiger partial charge on any atom is -0.497 e. The fraction of sp³-hybridized carbons (Fsp3) is 0.429. The zero-order valence-electron chi connectivity index (χ0n) is 11.3. The van der Waals surface area contributed by atoms with E-state index in [0.717, 1.165) is 11.5 Å². The van der Waals surface area contributed by atoms with Crippen molar-refractivity contribution in [3.63, 3.8) is 0 Å². The highest BCUT2D eigenvalue weighted by Crippen LogP contribution is 2.19. The quantitative estimate of drug-likeness (QED) is 0.599. The van der Waals surface area contributed by atoms with E-state index in [1.807, 2.05) is 38.1 Å². The molecule has 0 atom stereocenters. The van der Waals surface area contributed by atoms with Gasteiger partial charge in [0.25, 0.3) is 0 Å². The molecule has 1 rings (SSSR count). The van der Waals surface area contributed by atoms with Crippen molar-refractivity contribution in [3.8, 4) is 11.5 Å². The van der Waals surface area contributed by atoms with E-state index >= 15 is 0 Å². The molecule has 1 aromatic rings. The molecule has 1 N–H and O–H groups in total. The molecule has 0 aliphatic heterocycles. The van der Waals surface area contributed by atoms with Crippen LogP contribution in [0.25, 0.3) is 0 Å². The molecule has 0 radical (unpaired) electrons. The molecule has 4 nitrogen and oxygen atoms in total. The first-order valence-corrected chi connectivity index (χ1v) is 6.10. The fourth-order valence-corrected chi connectivity index (χ4v) is 1.63. The Morgan fingerprint density at radius 1 is 1.17 bits per heavy atom. The molecule has 0 fully saturated rings. The van der Waals surface area contributed by atoms with Gasteiger partial charge in [0.1, 0.15) is 24.6 Å². The van der Waals surface area contributed by atoms with Gasteiger partial charge in [-0.3, -0.25) is 0 Å². The van der Waals surface area contributed by atoms with Crippen LogP contribution in [0.2, 0.25) is 0 Å². The molecule has 0 spiro atoms. The standard InChI is InChI=1S/C14H22NO3/c1-5-15(16,6-2)12(3)11-18-14-9-7-13(17-4)8-10-14/h7-10,16H,3,5-6,11H2,1-2,4H3/q+1. The Kier molecular flexibility index (Phi) is 5.19. The van der Waals surface area contributed by atoms with Gasteiger partial charge in [0.2, 0.25) is 0 Å². The molecule has 0 unspecified atom stereocenters. The highest BCUT2D eigenvalue weighted by atomic mass is 16.6. The highest BCUT2D eigenvalue weighted by Gasteiger charge is 2.25. The van der Waals surface area contributed by atoms with Crippen LogP contribution in [0.3, 0.4) is 0 Å². The maximum absolute atomic E-state index is 10.2. The topological polar surface area (TPSA) is 38.7 Å². The summed E-state index contributed by atoms with van der Waals surface area (Å²) >= 11 is 0. The molecule has 0 bridgehead atoms. The van der Waals surface area contributed by atoms with Gasteiger partial charge in [-0.25, -0.2) is 5.21 Å². The van der Waals surface area contributed by atoms with Gasteiger partial charge in [-0.15, -0.1) is 0 Å². The number of nitrogens with zero attached hydrogens (tertiary/aromatic N) is 1. The summed E-state index contributed by atoms with van der Waals surface area (Å²) in [6.07, 6.45) is 0. The summed E-state index contributed by atoms with van der Waals surface area (Å²) in [5.74, 6) is 1.52. The minimum atomic E-state index is -0.157. The van der Waals surface area contributed by atoms with Crippen LogP contribution in [0.1, 0.15) is 13.8 Å². The zero-order chi connectivity index (χ0) is 13.6. The lowest BCUT2D eigenvalue weighted by atomic mass is 10.3. The molecule has 0 aliphatic rings. The summed E-state index contributed by atoms with van der Waals surface area (Å²) in [6, 6.07) is 7.32. The van der Waals surface area contributed by atoms with Gasteiger partial charge in [-0.1, -0.05) is 0 Å². The number of benzene rings is 1. The summed E-state index contributed by atoms with van der Waals surface area (Å²) in [4.78, 5) is 0. The van der Waals surface area contributed by atoms with E-state index in [-0.39, 0.29) is 4.65 Å². The number of hydroxylamine groups is 3. The van der Waals surface area contributed by atoms with Crippen molar-refractivity contribution in [2.24, 2.45) is 0 Å². The first-order chi connectivity index (χ1) is 8.55. The number of hydrogen-bond acceptors (Lipinski definition) is 3. The molecule has 0 aromatic heterocycles. The summed E-state index contributed by atoms with van der Waals surface area (Å²) in [5.41, 5.74) is 0.649. The van der Waals surface area contributed by atoms with Crippen molar-refractivity contribution in [2.75, 3.05) is 26.8 Å². The molecule has 4 heteroatoms. The smallest absolute Gasteiger partial charge is 0.172 e. The molecule has 0 amide bonds. The van der Waals surface area contributed by atoms with Crippen LogP contribution in [0.15, 0.2) is 36.5 Å². The van der Waals surface area contributed by atoms with Crippen LogP contribution in [0, 0.1) is 0 Å². The molecular formula is C14H22NO3+. The Morgan fingerprint density at radius 2 is 1.67 bits per heavy atom. The molecule has 100 valence electrons. The predicted octanol–water partition coefficient (Wildman–Crippen LogP) is 2.83. The molecular weight excluding hydrogens is 230 g/mol. The maximum atomic E-state index is 10.2. The zero-order valence-corrected chi connectivity index (χ0v) is 11.3. The van der Waals surface area contributed by atoms with E-state index in [1.165, 1.54) is 0 Å². The normalized spacial score (nSPS) is 11.1. The summed E-state index contributed by atoms with van der Waals surface area (Å²) in [6.45, 7) is 9.19. The molecule has 1 aromatic carbocycles. The van der Waals surface area contributed by atoms with Gasteiger partial charge in [0, 0.05) is 0 Å². The number of ether oxygens (including phenoxy) is 2. The second-order valence-electron chi connectivity index (χ2n) is 4.09. The van der Waals surface area contributed by atoms with Gasteiger partial charge in [-0.05, 0) is 44.7 Å². The van der Waals surface area contributed by atoms with Crippen LogP contribution < -0.4 is 9.47 Å². The third-order valence-corrected chi connectivity index (χ3v) is 3.10. The highest BCUT2D eigenvalue weighted by molar-refractivity contribution is 5.31. The molecule has 0 saturated heterocycles. The third-order valence-electron chi connectivity index (χ3n) is 3.10. The Balaban J connectivity index is 2.56. The van der Waals surface area contributed by atoms with E-state index in [0.29, 0.717) is 25.4 Å². The third kappa shape index (κ3) is 3.48. The van der Waals surface area contributed by atoms with Crippen LogP contribution >= 0.6 is 0 Å². The first kappa shape index (κ1) is 14.5. The van der Waals surface area contributed by atoms with Crippen LogP contribution in [-0.4, -0.2) is 36.7 Å². The second-order valence-corrected chi connectivity index (χ2v) is 4.09. The van der Waals surface area contributed by atoms with Crippen molar-refractivity contribution in [1.29, 1.82) is 0 Å². The largest absolute Gasteiger partial charge is 0.497 e. The van der Waals surface area contributed by atoms with E-state index < -0.39 is 0 Å². The Bertz CT molecular complexity index is 383. The van der Waals surface area contributed by atoms with Crippen molar-refractivity contribution in [2.45, 2.75) is 13.8 Å². The van der Waals surface area contributed by atoms with Crippen molar-refractivity contribution in [1.82, 2.24) is 0 Å². The summed E-state index contributed by atoms with van der Waals surface area (Å²) in [5, 5.41) is 10.2. The predicted molar refractivity (Wildman–Crippen MR) is 70.8 cm³/mol. The average Bonchev–Trinajstić information content (AvgIpc) is 2.44. The van der Waals surface area contributed by atoms with Crippen molar-refractivity contribution < 1.29 is 19.3 Å². The average molecular weight is 252 g/mol. The molecule has 0 saturated carbocycles. The van der Waals surface area contributed by atoms with Crippen LogP contribution in [0.5, 0.6) is 11.5 Å². The van der Waals surface area contributed by atoms with Crippen molar-refractivity contribution in [3.05, 3.63) is 36.5 Å². The SMILES string of the molecule is C=C(COc1ccc(OC)cc1)[N+](O)(CC)CC. The monoisotopic (exact) mass is 252 g/mol. The lowest BCUT2D eigenvalue weighted by Gasteiger charge is -2.28. The molecule has 18 heavy (non-hydrogen) atoms. The lowest BCUT2D eigenvalue weighted by molar-refractivity contribution is -1.07. The molecule has 0 heterocycles. The number of quaternary nitrogens is 1. The van der Waals surface area contributed by atoms with Crippen LogP contribution in [0.4, 0.5) is 0 Å². The Hall–Kier alpha value is -1.52. The summed E-state index contributed by atoms with van der Waals surface area (Å²) in [7, 11) is 1.62. The van der Waals surface area contributed by atoms with Gasteiger partial charge in [-0.2, -0.15) is 4.65 Å². The van der Waals surface area contributed by atoms with Gasteiger partial charge >= 0.3 is 0 Å². The van der Waals surface area contributed by atoms with E-state index in [2.05, 4.69) is 6.58 Å². The Morgan fingerprint density at radius 3 is 2.11 bits per heavy atom. The second kappa shape index (κ2) is 6.42. The van der Waals surface area contributed by atoms with Gasteiger partial charge < -0.3 is 9.47 Å². The van der Waals surface area contributed by atoms with Crippen LogP contribution in [-0.2, 0) is 0 Å². The lowest BCUT2D eigenvalue weighted by Crippen LogP contribution is -2.44. The maximum Gasteiger partial charge on any atom is 0.172 e. The van der Waals surface area contributed by atoms with Gasteiger partial charge in [0.05, 0.1) is 7.11 Å². The number of hydrogen-bond donors (Lipinski definition) is 1. The molecule has 0 aliphatic carbocycles. The van der Waals surface area contributed by atoms with E-state index in [1.54, 1.807) is 7.11 Å². The number of methoxy groups -OCH3 is 1. The van der Waals surface area contributed by atoms with E-state index in [9.17, 15) is 5.21 Å². The van der Waals surface area contributed by atoms with E-state index in [4.69, 9.17) is 9.47 Å². The first-order valence-electron chi connectivity index (χ1n) is 6.10.